The smallest absolute Gasteiger partial charge is 0.183 e. The molecule has 94 valence electrons. The predicted octanol–water partition coefficient (Wildman–Crippen LogP) is 4.07. The van der Waals surface area contributed by atoms with Crippen LogP contribution in [0.2, 0.25) is 5.02 Å². The number of nitrogens with zero attached hydrogens (tertiary/aromatic N) is 1. The van der Waals surface area contributed by atoms with Crippen LogP contribution in [0, 0.1) is 0 Å². The number of methoxy groups -OCH3 is 1. The van der Waals surface area contributed by atoms with E-state index in [2.05, 4.69) is 16.9 Å². The Labute approximate surface area is 115 Å². The highest BCUT2D eigenvalue weighted by Gasteiger charge is 2.07. The van der Waals surface area contributed by atoms with Crippen LogP contribution in [0.1, 0.15) is 0 Å². The molecule has 18 heavy (non-hydrogen) atoms. The fraction of sp³-hybridized carbons (Fsp3) is 0.154. The molecule has 0 aliphatic rings. The summed E-state index contributed by atoms with van der Waals surface area (Å²) in [5, 5.41) is 6.60. The highest BCUT2D eigenvalue weighted by atomic mass is 35.5. The lowest BCUT2D eigenvalue weighted by Gasteiger charge is -2.04. The summed E-state index contributed by atoms with van der Waals surface area (Å²) in [5.74, 6) is 0.667. The molecule has 2 aromatic rings. The van der Waals surface area contributed by atoms with Crippen molar-refractivity contribution in [3.8, 4) is 17.0 Å². The van der Waals surface area contributed by atoms with Gasteiger partial charge in [0, 0.05) is 17.5 Å². The second-order valence-electron chi connectivity index (χ2n) is 3.56. The van der Waals surface area contributed by atoms with E-state index in [0.29, 0.717) is 17.3 Å². The van der Waals surface area contributed by atoms with Crippen LogP contribution < -0.4 is 10.1 Å². The Morgan fingerprint density at radius 2 is 2.39 bits per heavy atom. The molecule has 5 heteroatoms. The van der Waals surface area contributed by atoms with Gasteiger partial charge in [-0.15, -0.1) is 17.9 Å². The van der Waals surface area contributed by atoms with Crippen molar-refractivity contribution in [2.45, 2.75) is 0 Å². The molecule has 3 nitrogen and oxygen atoms in total. The van der Waals surface area contributed by atoms with Crippen molar-refractivity contribution >= 4 is 28.1 Å². The summed E-state index contributed by atoms with van der Waals surface area (Å²) in [6.45, 7) is 4.36. The molecule has 1 heterocycles. The molecule has 0 bridgehead atoms. The standard InChI is InChI=1S/C13H13ClN2OS/c1-3-6-15-13-16-11(8-18-13)9-4-5-12(17-2)10(14)7-9/h3-5,7-8H,1,6H2,2H3,(H,15,16). The number of nitrogens with one attached hydrogen (secondary N) is 1. The molecule has 0 amide bonds. The van der Waals surface area contributed by atoms with E-state index in [9.17, 15) is 0 Å². The van der Waals surface area contributed by atoms with Crippen LogP contribution in [0.25, 0.3) is 11.3 Å². The zero-order valence-corrected chi connectivity index (χ0v) is 11.5. The van der Waals surface area contributed by atoms with E-state index < -0.39 is 0 Å². The van der Waals surface area contributed by atoms with Gasteiger partial charge in [0.05, 0.1) is 17.8 Å². The fourth-order valence-corrected chi connectivity index (χ4v) is 2.46. The van der Waals surface area contributed by atoms with Crippen molar-refractivity contribution < 1.29 is 4.74 Å². The first-order valence-electron chi connectivity index (χ1n) is 5.39. The molecule has 2 rings (SSSR count). The van der Waals surface area contributed by atoms with Crippen LogP contribution >= 0.6 is 22.9 Å². The monoisotopic (exact) mass is 280 g/mol. The first-order valence-corrected chi connectivity index (χ1v) is 6.64. The van der Waals surface area contributed by atoms with Gasteiger partial charge in [0.15, 0.2) is 5.13 Å². The molecular weight excluding hydrogens is 268 g/mol. The van der Waals surface area contributed by atoms with Crippen LogP contribution in [-0.4, -0.2) is 18.6 Å². The Balaban J connectivity index is 2.23. The Hall–Kier alpha value is -1.52. The van der Waals surface area contributed by atoms with Crippen molar-refractivity contribution in [3.05, 3.63) is 41.3 Å². The summed E-state index contributed by atoms with van der Waals surface area (Å²) < 4.78 is 5.12. The SMILES string of the molecule is C=CCNc1nc(-c2ccc(OC)c(Cl)c2)cs1. The highest BCUT2D eigenvalue weighted by molar-refractivity contribution is 7.14. The van der Waals surface area contributed by atoms with Gasteiger partial charge < -0.3 is 10.1 Å². The van der Waals surface area contributed by atoms with E-state index >= 15 is 0 Å². The number of anilines is 1. The highest BCUT2D eigenvalue weighted by Crippen LogP contribution is 2.31. The molecule has 0 fully saturated rings. The molecule has 0 aliphatic carbocycles. The third kappa shape index (κ3) is 2.83. The van der Waals surface area contributed by atoms with E-state index in [-0.39, 0.29) is 0 Å². The molecule has 1 aromatic heterocycles. The predicted molar refractivity (Wildman–Crippen MR) is 77.8 cm³/mol. The lowest BCUT2D eigenvalue weighted by atomic mass is 10.2. The number of thiazole rings is 1. The molecule has 0 saturated carbocycles. The quantitative estimate of drug-likeness (QED) is 0.839. The maximum atomic E-state index is 6.09. The zero-order valence-electron chi connectivity index (χ0n) is 9.94. The van der Waals surface area contributed by atoms with Crippen LogP contribution in [-0.2, 0) is 0 Å². The third-order valence-corrected chi connectivity index (χ3v) is 3.44. The largest absolute Gasteiger partial charge is 0.495 e. The second kappa shape index (κ2) is 5.89. The van der Waals surface area contributed by atoms with Gasteiger partial charge in [0.25, 0.3) is 0 Å². The summed E-state index contributed by atoms with van der Waals surface area (Å²) in [4.78, 5) is 4.47. The lowest BCUT2D eigenvalue weighted by Crippen LogP contribution is -1.96. The molecular formula is C13H13ClN2OS. The first kappa shape index (κ1) is 12.9. The summed E-state index contributed by atoms with van der Waals surface area (Å²) in [6, 6.07) is 5.64. The van der Waals surface area contributed by atoms with E-state index in [0.717, 1.165) is 16.4 Å². The van der Waals surface area contributed by atoms with Crippen molar-refractivity contribution in [2.75, 3.05) is 19.0 Å². The minimum atomic E-state index is 0.587. The fourth-order valence-electron chi connectivity index (χ4n) is 1.47. The summed E-state index contributed by atoms with van der Waals surface area (Å²) >= 11 is 7.65. The second-order valence-corrected chi connectivity index (χ2v) is 4.82. The molecule has 0 unspecified atom stereocenters. The molecule has 0 spiro atoms. The molecule has 1 N–H and O–H groups in total. The Morgan fingerprint density at radius 1 is 1.56 bits per heavy atom. The molecule has 0 saturated heterocycles. The van der Waals surface area contributed by atoms with Gasteiger partial charge in [-0.05, 0) is 18.2 Å². The Morgan fingerprint density at radius 3 is 3.06 bits per heavy atom. The number of ether oxygens (including phenoxy) is 1. The number of hydrogen-bond donors (Lipinski definition) is 1. The van der Waals surface area contributed by atoms with E-state index in [1.54, 1.807) is 24.5 Å². The Kier molecular flexibility index (Phi) is 4.23. The van der Waals surface area contributed by atoms with Gasteiger partial charge in [-0.2, -0.15) is 0 Å². The number of hydrogen-bond acceptors (Lipinski definition) is 4. The maximum absolute atomic E-state index is 6.09. The molecule has 0 radical (unpaired) electrons. The van der Waals surface area contributed by atoms with Crippen LogP contribution in [0.5, 0.6) is 5.75 Å². The van der Waals surface area contributed by atoms with Crippen molar-refractivity contribution in [1.29, 1.82) is 0 Å². The maximum Gasteiger partial charge on any atom is 0.183 e. The normalized spacial score (nSPS) is 10.1. The number of rotatable bonds is 5. The summed E-state index contributed by atoms with van der Waals surface area (Å²) in [6.07, 6.45) is 1.80. The van der Waals surface area contributed by atoms with E-state index in [1.165, 1.54) is 0 Å². The van der Waals surface area contributed by atoms with E-state index in [1.807, 2.05) is 23.6 Å². The van der Waals surface area contributed by atoms with Crippen LogP contribution in [0.3, 0.4) is 0 Å². The minimum Gasteiger partial charge on any atom is -0.495 e. The van der Waals surface area contributed by atoms with Gasteiger partial charge in [-0.25, -0.2) is 4.98 Å². The number of aromatic nitrogens is 1. The number of benzene rings is 1. The van der Waals surface area contributed by atoms with Crippen molar-refractivity contribution in [3.63, 3.8) is 0 Å². The molecule has 1 aromatic carbocycles. The number of halogens is 1. The molecule has 0 atom stereocenters. The van der Waals surface area contributed by atoms with Gasteiger partial charge >= 0.3 is 0 Å². The average molecular weight is 281 g/mol. The summed E-state index contributed by atoms with van der Waals surface area (Å²) in [5.41, 5.74) is 1.87. The average Bonchev–Trinajstić information content (AvgIpc) is 2.85. The first-order chi connectivity index (χ1) is 8.74. The van der Waals surface area contributed by atoms with Gasteiger partial charge in [0.1, 0.15) is 5.75 Å². The van der Waals surface area contributed by atoms with Crippen LogP contribution in [0.15, 0.2) is 36.2 Å². The summed E-state index contributed by atoms with van der Waals surface area (Å²) in [7, 11) is 1.60. The van der Waals surface area contributed by atoms with Crippen molar-refractivity contribution in [1.82, 2.24) is 4.98 Å². The minimum absolute atomic E-state index is 0.587. The van der Waals surface area contributed by atoms with Gasteiger partial charge in [0.2, 0.25) is 0 Å². The third-order valence-electron chi connectivity index (χ3n) is 2.35. The van der Waals surface area contributed by atoms with Gasteiger partial charge in [-0.3, -0.25) is 0 Å². The van der Waals surface area contributed by atoms with Gasteiger partial charge in [-0.1, -0.05) is 17.7 Å². The lowest BCUT2D eigenvalue weighted by molar-refractivity contribution is 0.415. The Bertz CT molecular complexity index is 554. The van der Waals surface area contributed by atoms with E-state index in [4.69, 9.17) is 16.3 Å². The molecule has 0 aliphatic heterocycles. The van der Waals surface area contributed by atoms with Crippen LogP contribution in [0.4, 0.5) is 5.13 Å². The topological polar surface area (TPSA) is 34.2 Å². The van der Waals surface area contributed by atoms with Crippen molar-refractivity contribution in [2.24, 2.45) is 0 Å². The zero-order chi connectivity index (χ0) is 13.0.